The van der Waals surface area contributed by atoms with Crippen LogP contribution in [0.5, 0.6) is 0 Å². The van der Waals surface area contributed by atoms with Gasteiger partial charge in [-0.2, -0.15) is 5.10 Å². The van der Waals surface area contributed by atoms with Gasteiger partial charge in [-0.1, -0.05) is 42.0 Å². The first-order valence-electron chi connectivity index (χ1n) is 8.82. The summed E-state index contributed by atoms with van der Waals surface area (Å²) < 4.78 is 16.0. The van der Waals surface area contributed by atoms with Crippen LogP contribution in [0.25, 0.3) is 11.4 Å². The summed E-state index contributed by atoms with van der Waals surface area (Å²) in [5.41, 5.74) is 3.58. The number of aromatic nitrogens is 3. The molecule has 0 aliphatic heterocycles. The Morgan fingerprint density at radius 2 is 2.11 bits per heavy atom. The van der Waals surface area contributed by atoms with E-state index in [0.717, 1.165) is 16.7 Å². The predicted molar refractivity (Wildman–Crippen MR) is 103 cm³/mol. The van der Waals surface area contributed by atoms with Crippen LogP contribution in [0.1, 0.15) is 29.2 Å². The topological polar surface area (TPSA) is 62.7 Å². The average Bonchev–Trinajstić information content (AvgIpc) is 3.21. The molecule has 1 amide bonds. The van der Waals surface area contributed by atoms with Crippen molar-refractivity contribution in [3.63, 3.8) is 0 Å². The number of fused-ring (bicyclic) bond motifs is 1. The fraction of sp³-hybridized carbons (Fsp3) is 0.250. The van der Waals surface area contributed by atoms with Gasteiger partial charge < -0.3 is 5.32 Å². The number of aryl methyl sites for hydroxylation is 1. The summed E-state index contributed by atoms with van der Waals surface area (Å²) in [5, 5.41) is 10.0. The van der Waals surface area contributed by atoms with Crippen molar-refractivity contribution in [2.45, 2.75) is 32.4 Å². The molecule has 27 heavy (non-hydrogen) atoms. The van der Waals surface area contributed by atoms with Gasteiger partial charge >= 0.3 is 0 Å². The molecule has 0 bridgehead atoms. The Kier molecular flexibility index (Phi) is 4.61. The number of benzene rings is 2. The van der Waals surface area contributed by atoms with Gasteiger partial charge in [0.2, 0.25) is 5.91 Å². The molecule has 138 valence electrons. The predicted octanol–water partition coefficient (Wildman–Crippen LogP) is 3.86. The molecule has 1 atom stereocenters. The molecule has 2 N–H and O–H groups in total. The number of carbonyl (C=O) groups excluding carboxylic acids is 1. The lowest BCUT2D eigenvalue weighted by atomic mass is 10.1. The number of halogens is 1. The van der Waals surface area contributed by atoms with Crippen LogP contribution in [0.3, 0.4) is 0 Å². The number of hydrogen-bond acceptors (Lipinski definition) is 3. The third-order valence-electron chi connectivity index (χ3n) is 4.92. The Morgan fingerprint density at radius 1 is 1.33 bits per heavy atom. The van der Waals surface area contributed by atoms with Crippen LogP contribution in [0.4, 0.5) is 4.39 Å². The Balaban J connectivity index is 1.53. The summed E-state index contributed by atoms with van der Waals surface area (Å²) in [6, 6.07) is 12.7. The van der Waals surface area contributed by atoms with E-state index >= 15 is 0 Å². The fourth-order valence-electron chi connectivity index (χ4n) is 3.53. The molecule has 1 unspecified atom stereocenters. The highest BCUT2D eigenvalue weighted by atomic mass is 32.1. The zero-order valence-electron chi connectivity index (χ0n) is 14.8. The molecule has 0 saturated heterocycles. The van der Waals surface area contributed by atoms with Gasteiger partial charge in [0, 0.05) is 5.56 Å². The monoisotopic (exact) mass is 382 g/mol. The number of nitrogens with one attached hydrogen (secondary N) is 2. The molecule has 1 heterocycles. The van der Waals surface area contributed by atoms with Crippen LogP contribution in [0.15, 0.2) is 42.5 Å². The number of H-pyrrole nitrogens is 1. The van der Waals surface area contributed by atoms with Gasteiger partial charge in [0.1, 0.15) is 12.4 Å². The van der Waals surface area contributed by atoms with Gasteiger partial charge in [0.15, 0.2) is 10.6 Å². The van der Waals surface area contributed by atoms with Crippen LogP contribution >= 0.6 is 12.2 Å². The first-order valence-corrected chi connectivity index (χ1v) is 9.22. The number of aromatic amines is 1. The number of carbonyl (C=O) groups is 1. The van der Waals surface area contributed by atoms with Gasteiger partial charge in [0.05, 0.1) is 6.04 Å². The minimum absolute atomic E-state index is 0.0553. The van der Waals surface area contributed by atoms with Crippen molar-refractivity contribution < 1.29 is 9.18 Å². The van der Waals surface area contributed by atoms with E-state index in [0.29, 0.717) is 29.0 Å². The van der Waals surface area contributed by atoms with E-state index in [9.17, 15) is 9.18 Å². The SMILES string of the molecule is Cc1ccc(-c2n[nH]c(=S)n2CC(=O)NC2CCc3c(F)cccc32)cc1. The second-order valence-electron chi connectivity index (χ2n) is 6.77. The highest BCUT2D eigenvalue weighted by Gasteiger charge is 2.26. The number of rotatable bonds is 4. The van der Waals surface area contributed by atoms with Crippen LogP contribution < -0.4 is 5.32 Å². The molecule has 3 aromatic rings. The lowest BCUT2D eigenvalue weighted by Gasteiger charge is -2.15. The Labute approximate surface area is 161 Å². The molecule has 0 fully saturated rings. The fourth-order valence-corrected chi connectivity index (χ4v) is 3.73. The number of amides is 1. The van der Waals surface area contributed by atoms with E-state index in [1.807, 2.05) is 37.3 Å². The first kappa shape index (κ1) is 17.6. The summed E-state index contributed by atoms with van der Waals surface area (Å²) in [6.07, 6.45) is 1.33. The molecule has 4 rings (SSSR count). The maximum Gasteiger partial charge on any atom is 0.240 e. The van der Waals surface area contributed by atoms with Gasteiger partial charge in [-0.3, -0.25) is 14.5 Å². The van der Waals surface area contributed by atoms with Crippen LogP contribution in [0.2, 0.25) is 0 Å². The van der Waals surface area contributed by atoms with Crippen molar-refractivity contribution in [3.8, 4) is 11.4 Å². The Hall–Kier alpha value is -2.80. The molecule has 2 aromatic carbocycles. The van der Waals surface area contributed by atoms with Gasteiger partial charge in [-0.25, -0.2) is 4.39 Å². The number of nitrogens with zero attached hydrogens (tertiary/aromatic N) is 2. The smallest absolute Gasteiger partial charge is 0.240 e. The van der Waals surface area contributed by atoms with Crippen LogP contribution in [-0.2, 0) is 17.8 Å². The molecule has 1 aliphatic carbocycles. The van der Waals surface area contributed by atoms with Crippen molar-refractivity contribution in [2.75, 3.05) is 0 Å². The zero-order valence-corrected chi connectivity index (χ0v) is 15.6. The average molecular weight is 382 g/mol. The van der Waals surface area contributed by atoms with Gasteiger partial charge in [-0.05, 0) is 49.2 Å². The summed E-state index contributed by atoms with van der Waals surface area (Å²) in [5.74, 6) is 0.235. The molecule has 5 nitrogen and oxygen atoms in total. The molecule has 0 radical (unpaired) electrons. The summed E-state index contributed by atoms with van der Waals surface area (Å²) in [7, 11) is 0. The second kappa shape index (κ2) is 7.08. The van der Waals surface area contributed by atoms with Crippen LogP contribution in [0, 0.1) is 17.5 Å². The standard InChI is InChI=1S/C20H19FN4OS/c1-12-5-7-13(8-6-12)19-23-24-20(27)25(19)11-18(26)22-17-10-9-14-15(17)3-2-4-16(14)21/h2-8,17H,9-11H2,1H3,(H,22,26)(H,24,27). The summed E-state index contributed by atoms with van der Waals surface area (Å²) >= 11 is 5.30. The minimum Gasteiger partial charge on any atom is -0.348 e. The van der Waals surface area contributed by atoms with E-state index in [-0.39, 0.29) is 24.3 Å². The van der Waals surface area contributed by atoms with E-state index in [1.165, 1.54) is 6.07 Å². The summed E-state index contributed by atoms with van der Waals surface area (Å²) in [6.45, 7) is 2.07. The third-order valence-corrected chi connectivity index (χ3v) is 5.23. The second-order valence-corrected chi connectivity index (χ2v) is 7.16. The van der Waals surface area contributed by atoms with E-state index in [1.54, 1.807) is 10.6 Å². The van der Waals surface area contributed by atoms with Crippen LogP contribution in [-0.4, -0.2) is 20.7 Å². The molecule has 1 aromatic heterocycles. The minimum atomic E-state index is -0.206. The molecule has 0 spiro atoms. The van der Waals surface area contributed by atoms with E-state index in [2.05, 4.69) is 15.5 Å². The molecular weight excluding hydrogens is 363 g/mol. The normalized spacial score (nSPS) is 15.6. The zero-order chi connectivity index (χ0) is 19.0. The summed E-state index contributed by atoms with van der Waals surface area (Å²) in [4.78, 5) is 12.6. The maximum atomic E-state index is 13.9. The van der Waals surface area contributed by atoms with Crippen molar-refractivity contribution in [1.29, 1.82) is 0 Å². The Morgan fingerprint density at radius 3 is 2.89 bits per heavy atom. The molecule has 7 heteroatoms. The third kappa shape index (κ3) is 3.42. The molecule has 1 aliphatic rings. The van der Waals surface area contributed by atoms with Crippen molar-refractivity contribution in [3.05, 3.63) is 69.7 Å². The first-order chi connectivity index (χ1) is 13.0. The lowest BCUT2D eigenvalue weighted by molar-refractivity contribution is -0.122. The molecule has 0 saturated carbocycles. The largest absolute Gasteiger partial charge is 0.348 e. The highest BCUT2D eigenvalue weighted by molar-refractivity contribution is 7.71. The van der Waals surface area contributed by atoms with E-state index in [4.69, 9.17) is 12.2 Å². The highest BCUT2D eigenvalue weighted by Crippen LogP contribution is 2.32. The lowest BCUT2D eigenvalue weighted by Crippen LogP contribution is -2.30. The van der Waals surface area contributed by atoms with Crippen molar-refractivity contribution in [1.82, 2.24) is 20.1 Å². The maximum absolute atomic E-state index is 13.9. The van der Waals surface area contributed by atoms with Crippen molar-refractivity contribution >= 4 is 18.1 Å². The van der Waals surface area contributed by atoms with Gasteiger partial charge in [-0.15, -0.1) is 0 Å². The van der Waals surface area contributed by atoms with Gasteiger partial charge in [0.25, 0.3) is 0 Å². The molecular formula is C20H19FN4OS. The number of hydrogen-bond donors (Lipinski definition) is 2. The Bertz CT molecular complexity index is 1050. The quantitative estimate of drug-likeness (QED) is 0.674. The van der Waals surface area contributed by atoms with E-state index < -0.39 is 0 Å². The van der Waals surface area contributed by atoms with Crippen molar-refractivity contribution in [2.24, 2.45) is 0 Å².